The topological polar surface area (TPSA) is 307 Å². The summed E-state index contributed by atoms with van der Waals surface area (Å²) in [5.41, 5.74) is 0. The van der Waals surface area contributed by atoms with Gasteiger partial charge in [0.15, 0.2) is 18.9 Å². The molecule has 0 bridgehead atoms. The molecular weight excluding hydrogens is 951 g/mol. The molecule has 0 spiro atoms. The van der Waals surface area contributed by atoms with Gasteiger partial charge in [0.05, 0.1) is 38.6 Å². The third-order valence-corrected chi connectivity index (χ3v) is 14.6. The molecule has 3 rings (SSSR count). The van der Waals surface area contributed by atoms with E-state index in [1.807, 2.05) is 0 Å². The maximum atomic E-state index is 13.3. The molecule has 0 aliphatic carbocycles. The molecule has 3 heterocycles. The summed E-state index contributed by atoms with van der Waals surface area (Å²) in [7, 11) is 0. The van der Waals surface area contributed by atoms with Crippen molar-refractivity contribution in [2.45, 2.75) is 298 Å². The van der Waals surface area contributed by atoms with Gasteiger partial charge in [0.1, 0.15) is 73.2 Å². The molecule has 12 N–H and O–H groups in total. The van der Waals surface area contributed by atoms with Gasteiger partial charge in [-0.1, -0.05) is 161 Å². The van der Waals surface area contributed by atoms with Crippen molar-refractivity contribution in [3.63, 3.8) is 0 Å². The van der Waals surface area contributed by atoms with Crippen LogP contribution in [0.2, 0.25) is 0 Å². The Labute approximate surface area is 436 Å². The molecule has 0 aromatic heterocycles. The van der Waals surface area contributed by atoms with Crippen molar-refractivity contribution in [3.05, 3.63) is 12.2 Å². The van der Waals surface area contributed by atoms with E-state index < -0.39 is 124 Å². The largest absolute Gasteiger partial charge is 0.394 e. The van der Waals surface area contributed by atoms with Crippen LogP contribution >= 0.6 is 0 Å². The van der Waals surface area contributed by atoms with Gasteiger partial charge in [-0.05, 0) is 38.5 Å². The lowest BCUT2D eigenvalue weighted by molar-refractivity contribution is -0.379. The number of carbonyl (C=O) groups excluding carboxylic acids is 1. The minimum Gasteiger partial charge on any atom is -0.394 e. The summed E-state index contributed by atoms with van der Waals surface area (Å²) in [4.78, 5) is 13.3. The minimum absolute atomic E-state index is 0.249. The number of hydrogen-bond acceptors (Lipinski definition) is 18. The summed E-state index contributed by atoms with van der Waals surface area (Å²) in [5, 5.41) is 120. The van der Waals surface area contributed by atoms with E-state index in [1.54, 1.807) is 0 Å². The van der Waals surface area contributed by atoms with Crippen molar-refractivity contribution < 1.29 is 89.4 Å². The molecule has 73 heavy (non-hydrogen) atoms. The summed E-state index contributed by atoms with van der Waals surface area (Å²) >= 11 is 0. The average Bonchev–Trinajstić information content (AvgIpc) is 3.39. The van der Waals surface area contributed by atoms with Gasteiger partial charge in [-0.25, -0.2) is 0 Å². The predicted molar refractivity (Wildman–Crippen MR) is 273 cm³/mol. The summed E-state index contributed by atoms with van der Waals surface area (Å²) < 4.78 is 34.2. The Morgan fingerprint density at radius 2 is 0.863 bits per heavy atom. The summed E-state index contributed by atoms with van der Waals surface area (Å²) in [6.07, 6.45) is 8.79. The monoisotopic (exact) mass is 1050 g/mol. The molecule has 19 heteroatoms. The summed E-state index contributed by atoms with van der Waals surface area (Å²) in [6.45, 7) is 1.75. The van der Waals surface area contributed by atoms with Gasteiger partial charge in [-0.2, -0.15) is 0 Å². The molecule has 1 amide bonds. The minimum atomic E-state index is -1.97. The number of carbonyl (C=O) groups is 1. The maximum Gasteiger partial charge on any atom is 0.220 e. The van der Waals surface area contributed by atoms with E-state index in [0.717, 1.165) is 57.8 Å². The molecule has 17 unspecified atom stereocenters. The number of hydrogen-bond donors (Lipinski definition) is 12. The molecule has 0 aromatic carbocycles. The van der Waals surface area contributed by atoms with Crippen LogP contribution in [0.1, 0.15) is 194 Å². The van der Waals surface area contributed by atoms with Gasteiger partial charge >= 0.3 is 0 Å². The smallest absolute Gasteiger partial charge is 0.220 e. The molecule has 0 aromatic rings. The Hall–Kier alpha value is -1.47. The van der Waals surface area contributed by atoms with Gasteiger partial charge in [0, 0.05) is 6.42 Å². The quantitative estimate of drug-likeness (QED) is 0.0306. The number of unbranched alkanes of at least 4 members (excludes halogenated alkanes) is 23. The number of allylic oxidation sites excluding steroid dienone is 2. The standard InChI is InChI=1S/C54H101NO18/c1-3-5-7-9-11-13-15-16-17-18-19-20-22-24-26-28-30-32-42(60)55-37(38(59)31-29-27-25-23-21-14-12-10-8-6-4-2)36-68-52-48(66)45(63)50(40(34-57)70-52)73-54-49(67)46(64)51(41(35-58)71-54)72-53-47(65)44(62)43(61)39(33-56)69-53/h16-17,37-41,43-54,56-59,61-67H,3-15,18-36H2,1-2H3,(H,55,60)/b17-16-. The van der Waals surface area contributed by atoms with Crippen LogP contribution in [-0.4, -0.2) is 193 Å². The summed E-state index contributed by atoms with van der Waals surface area (Å²) in [5.74, 6) is -0.249. The lowest BCUT2D eigenvalue weighted by Gasteiger charge is -2.48. The molecule has 3 saturated heterocycles. The Bertz CT molecular complexity index is 1400. The fraction of sp³-hybridized carbons (Fsp3) is 0.944. The van der Waals surface area contributed by atoms with Crippen molar-refractivity contribution in [1.82, 2.24) is 5.32 Å². The van der Waals surface area contributed by atoms with Gasteiger partial charge < -0.3 is 89.9 Å². The van der Waals surface area contributed by atoms with Gasteiger partial charge in [-0.3, -0.25) is 4.79 Å². The SMILES string of the molecule is CCCCCCCC/C=C\CCCCCCCCCC(=O)NC(COC1OC(CO)C(OC2OC(CO)C(OC3OC(CO)C(O)C(O)C3O)C(O)C2O)C(O)C1O)C(O)CCCCCCCCCCCCC. The van der Waals surface area contributed by atoms with E-state index >= 15 is 0 Å². The first-order valence-electron chi connectivity index (χ1n) is 28.4. The van der Waals surface area contributed by atoms with E-state index in [2.05, 4.69) is 31.3 Å². The Balaban J connectivity index is 1.51. The van der Waals surface area contributed by atoms with Crippen LogP contribution in [0.3, 0.4) is 0 Å². The molecule has 17 atom stereocenters. The van der Waals surface area contributed by atoms with Crippen LogP contribution in [0.5, 0.6) is 0 Å². The van der Waals surface area contributed by atoms with Gasteiger partial charge in [-0.15, -0.1) is 0 Å². The summed E-state index contributed by atoms with van der Waals surface area (Å²) in [6, 6.07) is -0.884. The fourth-order valence-electron chi connectivity index (χ4n) is 9.84. The molecule has 3 aliphatic heterocycles. The highest BCUT2D eigenvalue weighted by Gasteiger charge is 2.53. The first kappa shape index (κ1) is 65.8. The van der Waals surface area contributed by atoms with Crippen LogP contribution in [0.25, 0.3) is 0 Å². The van der Waals surface area contributed by atoms with Gasteiger partial charge in [0.2, 0.25) is 5.91 Å². The Kier molecular flexibility index (Phi) is 35.1. The lowest BCUT2D eigenvalue weighted by atomic mass is 9.96. The number of nitrogens with one attached hydrogen (secondary N) is 1. The first-order chi connectivity index (χ1) is 35.3. The highest BCUT2D eigenvalue weighted by atomic mass is 16.8. The zero-order valence-corrected chi connectivity index (χ0v) is 44.4. The molecule has 430 valence electrons. The number of aliphatic hydroxyl groups is 11. The Morgan fingerprint density at radius 1 is 0.479 bits per heavy atom. The Morgan fingerprint density at radius 3 is 1.33 bits per heavy atom. The normalized spacial score (nSPS) is 31.8. The molecule has 3 fully saturated rings. The van der Waals surface area contributed by atoms with E-state index in [9.17, 15) is 61.0 Å². The molecule has 0 radical (unpaired) electrons. The van der Waals surface area contributed by atoms with Crippen molar-refractivity contribution in [3.8, 4) is 0 Å². The number of aliphatic hydroxyl groups excluding tert-OH is 11. The zero-order chi connectivity index (χ0) is 53.4. The van der Waals surface area contributed by atoms with Crippen LogP contribution in [0.4, 0.5) is 0 Å². The first-order valence-corrected chi connectivity index (χ1v) is 28.4. The van der Waals surface area contributed by atoms with Crippen LogP contribution in [0, 0.1) is 0 Å². The maximum absolute atomic E-state index is 13.3. The number of rotatable bonds is 41. The molecule has 19 nitrogen and oxygen atoms in total. The van der Waals surface area contributed by atoms with Crippen molar-refractivity contribution >= 4 is 5.91 Å². The van der Waals surface area contributed by atoms with E-state index in [-0.39, 0.29) is 18.9 Å². The molecule has 3 aliphatic rings. The van der Waals surface area contributed by atoms with Crippen LogP contribution in [0.15, 0.2) is 12.2 Å². The second-order valence-electron chi connectivity index (χ2n) is 20.8. The number of amides is 1. The third kappa shape index (κ3) is 24.0. The van der Waals surface area contributed by atoms with Crippen molar-refractivity contribution in [2.24, 2.45) is 0 Å². The second-order valence-corrected chi connectivity index (χ2v) is 20.8. The molecular formula is C54H101NO18. The van der Waals surface area contributed by atoms with Crippen LogP contribution < -0.4 is 5.32 Å². The fourth-order valence-corrected chi connectivity index (χ4v) is 9.84. The highest BCUT2D eigenvalue weighted by molar-refractivity contribution is 5.76. The third-order valence-electron chi connectivity index (χ3n) is 14.6. The highest BCUT2D eigenvalue weighted by Crippen LogP contribution is 2.33. The van der Waals surface area contributed by atoms with Gasteiger partial charge in [0.25, 0.3) is 0 Å². The number of ether oxygens (including phenoxy) is 6. The van der Waals surface area contributed by atoms with Crippen molar-refractivity contribution in [1.29, 1.82) is 0 Å². The molecule has 0 saturated carbocycles. The second kappa shape index (κ2) is 39.0. The zero-order valence-electron chi connectivity index (χ0n) is 44.4. The van der Waals surface area contributed by atoms with E-state index in [1.165, 1.54) is 103 Å². The lowest BCUT2D eigenvalue weighted by Crippen LogP contribution is -2.66. The van der Waals surface area contributed by atoms with Crippen molar-refractivity contribution in [2.75, 3.05) is 26.4 Å². The van der Waals surface area contributed by atoms with E-state index in [0.29, 0.717) is 12.8 Å². The van der Waals surface area contributed by atoms with Crippen LogP contribution in [-0.2, 0) is 33.2 Å². The average molecular weight is 1050 g/mol. The van der Waals surface area contributed by atoms with E-state index in [4.69, 9.17) is 28.4 Å². The predicted octanol–water partition coefficient (Wildman–Crippen LogP) is 3.82.